The molecule has 12 heavy (non-hydrogen) atoms. The number of unbranched alkanes of at least 4 members (excludes halogenated alkanes) is 2. The smallest absolute Gasteiger partial charge is 0.0830 e. The van der Waals surface area contributed by atoms with Gasteiger partial charge in [0.15, 0.2) is 0 Å². The molecular weight excluding hydrogens is 154 g/mol. The van der Waals surface area contributed by atoms with Crippen LogP contribution in [0.4, 0.5) is 0 Å². The summed E-state index contributed by atoms with van der Waals surface area (Å²) in [6.07, 6.45) is 4.86. The third-order valence-corrected chi connectivity index (χ3v) is 2.09. The van der Waals surface area contributed by atoms with Crippen molar-refractivity contribution in [1.29, 1.82) is 0 Å². The second kappa shape index (κ2) is 6.40. The Labute approximate surface area is 74.2 Å². The van der Waals surface area contributed by atoms with Gasteiger partial charge in [0.25, 0.3) is 0 Å². The molecule has 0 bridgehead atoms. The summed E-state index contributed by atoms with van der Waals surface area (Å²) in [5.41, 5.74) is 5.37. The fourth-order valence-corrected chi connectivity index (χ4v) is 1.32. The van der Waals surface area contributed by atoms with Gasteiger partial charge < -0.3 is 15.2 Å². The highest BCUT2D eigenvalue weighted by Crippen LogP contribution is 2.08. The van der Waals surface area contributed by atoms with Crippen molar-refractivity contribution in [2.75, 3.05) is 26.4 Å². The van der Waals surface area contributed by atoms with E-state index in [1.165, 1.54) is 6.42 Å². The van der Waals surface area contributed by atoms with Gasteiger partial charge in [-0.05, 0) is 32.2 Å². The summed E-state index contributed by atoms with van der Waals surface area (Å²) in [4.78, 5) is 0. The molecule has 0 radical (unpaired) electrons. The van der Waals surface area contributed by atoms with Crippen LogP contribution >= 0.6 is 0 Å². The summed E-state index contributed by atoms with van der Waals surface area (Å²) >= 11 is 0. The monoisotopic (exact) mass is 173 g/mol. The molecule has 0 aromatic heterocycles. The molecule has 1 unspecified atom stereocenters. The maximum Gasteiger partial charge on any atom is 0.0830 e. The first kappa shape index (κ1) is 9.96. The molecule has 1 rings (SSSR count). The molecule has 2 N–H and O–H groups in total. The number of rotatable bonds is 6. The molecule has 1 heterocycles. The van der Waals surface area contributed by atoms with Crippen LogP contribution in [0.25, 0.3) is 0 Å². The lowest BCUT2D eigenvalue weighted by Crippen LogP contribution is -2.13. The zero-order valence-electron chi connectivity index (χ0n) is 7.63. The Hall–Kier alpha value is -0.120. The van der Waals surface area contributed by atoms with Crippen molar-refractivity contribution in [3.05, 3.63) is 0 Å². The van der Waals surface area contributed by atoms with Crippen LogP contribution in [0.1, 0.15) is 25.7 Å². The van der Waals surface area contributed by atoms with Gasteiger partial charge in [0.1, 0.15) is 0 Å². The third kappa shape index (κ3) is 4.04. The first-order valence-electron chi connectivity index (χ1n) is 4.83. The normalized spacial score (nSPS) is 23.2. The van der Waals surface area contributed by atoms with Gasteiger partial charge in [-0.15, -0.1) is 0 Å². The largest absolute Gasteiger partial charge is 0.379 e. The molecule has 0 spiro atoms. The van der Waals surface area contributed by atoms with E-state index in [2.05, 4.69) is 0 Å². The summed E-state index contributed by atoms with van der Waals surface area (Å²) in [6, 6.07) is 0. The molecular formula is C9H19NO2. The zero-order chi connectivity index (χ0) is 8.65. The minimum atomic E-state index is 0.364. The Bertz CT molecular complexity index is 103. The van der Waals surface area contributed by atoms with Gasteiger partial charge >= 0.3 is 0 Å². The van der Waals surface area contributed by atoms with Gasteiger partial charge in [-0.1, -0.05) is 0 Å². The van der Waals surface area contributed by atoms with E-state index in [4.69, 9.17) is 15.2 Å². The molecule has 3 nitrogen and oxygen atoms in total. The lowest BCUT2D eigenvalue weighted by atomic mass is 10.2. The van der Waals surface area contributed by atoms with Crippen LogP contribution in [0.3, 0.4) is 0 Å². The van der Waals surface area contributed by atoms with Crippen LogP contribution in [-0.4, -0.2) is 32.5 Å². The van der Waals surface area contributed by atoms with Crippen molar-refractivity contribution in [1.82, 2.24) is 0 Å². The van der Waals surface area contributed by atoms with Crippen LogP contribution in [0.2, 0.25) is 0 Å². The average molecular weight is 173 g/mol. The third-order valence-electron chi connectivity index (χ3n) is 2.09. The molecule has 1 fully saturated rings. The molecule has 0 aliphatic carbocycles. The standard InChI is InChI=1S/C9H19NO2/c10-5-2-1-3-6-12-9-4-7-11-8-9/h9H,1-8,10H2. The van der Waals surface area contributed by atoms with Crippen molar-refractivity contribution in [2.24, 2.45) is 5.73 Å². The maximum absolute atomic E-state index is 5.58. The van der Waals surface area contributed by atoms with Gasteiger partial charge in [0.2, 0.25) is 0 Å². The first-order valence-corrected chi connectivity index (χ1v) is 4.83. The number of ether oxygens (including phenoxy) is 2. The van der Waals surface area contributed by atoms with E-state index in [1.54, 1.807) is 0 Å². The lowest BCUT2D eigenvalue weighted by Gasteiger charge is -2.08. The fourth-order valence-electron chi connectivity index (χ4n) is 1.32. The second-order valence-corrected chi connectivity index (χ2v) is 3.21. The highest BCUT2D eigenvalue weighted by Gasteiger charge is 2.14. The van der Waals surface area contributed by atoms with Crippen molar-refractivity contribution in [2.45, 2.75) is 31.8 Å². The quantitative estimate of drug-likeness (QED) is 0.607. The Morgan fingerprint density at radius 1 is 1.33 bits per heavy atom. The molecule has 72 valence electrons. The molecule has 1 aliphatic heterocycles. The van der Waals surface area contributed by atoms with Crippen LogP contribution in [-0.2, 0) is 9.47 Å². The van der Waals surface area contributed by atoms with Crippen LogP contribution in [0.15, 0.2) is 0 Å². The van der Waals surface area contributed by atoms with E-state index in [-0.39, 0.29) is 0 Å². The van der Waals surface area contributed by atoms with E-state index in [0.29, 0.717) is 6.10 Å². The Morgan fingerprint density at radius 2 is 2.25 bits per heavy atom. The molecule has 1 aliphatic rings. The molecule has 0 aromatic rings. The Morgan fingerprint density at radius 3 is 2.92 bits per heavy atom. The molecule has 1 saturated heterocycles. The van der Waals surface area contributed by atoms with Crippen molar-refractivity contribution >= 4 is 0 Å². The number of hydrogen-bond donors (Lipinski definition) is 1. The van der Waals surface area contributed by atoms with E-state index >= 15 is 0 Å². The summed E-state index contributed by atoms with van der Waals surface area (Å²) < 4.78 is 10.8. The highest BCUT2D eigenvalue weighted by molar-refractivity contribution is 4.62. The summed E-state index contributed by atoms with van der Waals surface area (Å²) in [5, 5.41) is 0. The molecule has 0 aromatic carbocycles. The number of nitrogens with two attached hydrogens (primary N) is 1. The summed E-state index contributed by atoms with van der Waals surface area (Å²) in [7, 11) is 0. The van der Waals surface area contributed by atoms with Crippen LogP contribution < -0.4 is 5.73 Å². The van der Waals surface area contributed by atoms with E-state index in [0.717, 1.165) is 45.6 Å². The summed E-state index contributed by atoms with van der Waals surface area (Å²) in [5.74, 6) is 0. The number of hydrogen-bond acceptors (Lipinski definition) is 3. The molecule has 3 heteroatoms. The zero-order valence-corrected chi connectivity index (χ0v) is 7.63. The van der Waals surface area contributed by atoms with E-state index in [1.807, 2.05) is 0 Å². The van der Waals surface area contributed by atoms with E-state index < -0.39 is 0 Å². The molecule has 0 saturated carbocycles. The van der Waals surface area contributed by atoms with Crippen LogP contribution in [0.5, 0.6) is 0 Å². The predicted octanol–water partition coefficient (Wildman–Crippen LogP) is 0.921. The average Bonchev–Trinajstić information content (AvgIpc) is 2.57. The van der Waals surface area contributed by atoms with Crippen molar-refractivity contribution in [3.8, 4) is 0 Å². The van der Waals surface area contributed by atoms with Gasteiger partial charge in [0, 0.05) is 13.2 Å². The van der Waals surface area contributed by atoms with E-state index in [9.17, 15) is 0 Å². The topological polar surface area (TPSA) is 44.5 Å². The van der Waals surface area contributed by atoms with Crippen molar-refractivity contribution < 1.29 is 9.47 Å². The maximum atomic E-state index is 5.58. The van der Waals surface area contributed by atoms with Crippen molar-refractivity contribution in [3.63, 3.8) is 0 Å². The summed E-state index contributed by atoms with van der Waals surface area (Å²) in [6.45, 7) is 3.32. The Balaban J connectivity index is 1.81. The lowest BCUT2D eigenvalue weighted by molar-refractivity contribution is 0.0407. The first-order chi connectivity index (χ1) is 5.93. The van der Waals surface area contributed by atoms with Gasteiger partial charge in [-0.3, -0.25) is 0 Å². The second-order valence-electron chi connectivity index (χ2n) is 3.21. The highest BCUT2D eigenvalue weighted by atomic mass is 16.5. The molecule has 0 amide bonds. The van der Waals surface area contributed by atoms with Gasteiger partial charge in [-0.2, -0.15) is 0 Å². The minimum Gasteiger partial charge on any atom is -0.379 e. The Kier molecular flexibility index (Phi) is 5.32. The SMILES string of the molecule is NCCCCCOC1CCOC1. The predicted molar refractivity (Wildman–Crippen MR) is 48.1 cm³/mol. The fraction of sp³-hybridized carbons (Fsp3) is 1.00. The van der Waals surface area contributed by atoms with Gasteiger partial charge in [0.05, 0.1) is 12.7 Å². The van der Waals surface area contributed by atoms with Gasteiger partial charge in [-0.25, -0.2) is 0 Å². The molecule has 1 atom stereocenters. The van der Waals surface area contributed by atoms with Crippen LogP contribution in [0, 0.1) is 0 Å². The minimum absolute atomic E-state index is 0.364.